The molecule has 0 aliphatic heterocycles. The molecule has 1 amide bonds. The summed E-state index contributed by atoms with van der Waals surface area (Å²) in [6, 6.07) is 16.4. The Bertz CT molecular complexity index is 1310. The highest BCUT2D eigenvalue weighted by Crippen LogP contribution is 2.29. The lowest BCUT2D eigenvalue weighted by atomic mass is 10.2. The molecule has 0 atom stereocenters. The number of hydrogen-bond donors (Lipinski definition) is 1. The Morgan fingerprint density at radius 1 is 0.970 bits per heavy atom. The zero-order valence-electron chi connectivity index (χ0n) is 18.4. The van der Waals surface area contributed by atoms with Gasteiger partial charge in [0.05, 0.1) is 21.3 Å². The molecule has 4 aromatic rings. The second-order valence-electron chi connectivity index (χ2n) is 6.99. The van der Waals surface area contributed by atoms with Crippen molar-refractivity contribution >= 4 is 23.8 Å². The van der Waals surface area contributed by atoms with Crippen molar-refractivity contribution in [3.8, 4) is 28.6 Å². The summed E-state index contributed by atoms with van der Waals surface area (Å²) in [4.78, 5) is 12.8. The Morgan fingerprint density at radius 3 is 2.30 bits per heavy atom. The SMILES string of the molecule is COc1ccc(-c2nn(CC(=O)Nc3ccc(OC)c(OC)c3)c(=S)n2-n2cccc2)cc1. The number of aromatic nitrogens is 4. The first kappa shape index (κ1) is 22.2. The summed E-state index contributed by atoms with van der Waals surface area (Å²) in [6.07, 6.45) is 3.72. The van der Waals surface area contributed by atoms with Crippen molar-refractivity contribution in [1.29, 1.82) is 0 Å². The van der Waals surface area contributed by atoms with E-state index in [1.165, 1.54) is 11.8 Å². The number of anilines is 1. The van der Waals surface area contributed by atoms with E-state index in [9.17, 15) is 4.79 Å². The van der Waals surface area contributed by atoms with Crippen LogP contribution in [0.1, 0.15) is 0 Å². The van der Waals surface area contributed by atoms with Gasteiger partial charge in [0.2, 0.25) is 10.7 Å². The van der Waals surface area contributed by atoms with Gasteiger partial charge in [0, 0.05) is 29.7 Å². The average Bonchev–Trinajstić information content (AvgIpc) is 3.47. The Balaban J connectivity index is 1.64. The number of amides is 1. The maximum Gasteiger partial charge on any atom is 0.246 e. The minimum Gasteiger partial charge on any atom is -0.497 e. The zero-order valence-corrected chi connectivity index (χ0v) is 19.2. The molecule has 170 valence electrons. The number of nitrogens with one attached hydrogen (secondary N) is 1. The molecule has 10 heteroatoms. The molecule has 0 spiro atoms. The minimum atomic E-state index is -0.281. The molecule has 0 aliphatic carbocycles. The van der Waals surface area contributed by atoms with E-state index >= 15 is 0 Å². The standard InChI is InChI=1S/C23H23N5O4S/c1-30-18-9-6-16(7-10-18)22-25-27(23(33)28(22)26-12-4-5-13-26)15-21(29)24-17-8-11-19(31-2)20(14-17)32-3/h4-14H,15H2,1-3H3,(H,24,29). The number of carbonyl (C=O) groups is 1. The molecule has 0 saturated heterocycles. The molecule has 0 saturated carbocycles. The zero-order chi connectivity index (χ0) is 23.4. The first-order chi connectivity index (χ1) is 16.0. The van der Waals surface area contributed by atoms with Crippen molar-refractivity contribution in [2.45, 2.75) is 6.54 Å². The lowest BCUT2D eigenvalue weighted by molar-refractivity contribution is -0.116. The lowest BCUT2D eigenvalue weighted by Gasteiger charge is -2.10. The van der Waals surface area contributed by atoms with E-state index in [2.05, 4.69) is 10.4 Å². The molecular weight excluding hydrogens is 442 g/mol. The van der Waals surface area contributed by atoms with Gasteiger partial charge in [-0.15, -0.1) is 5.10 Å². The first-order valence-corrected chi connectivity index (χ1v) is 10.4. The topological polar surface area (TPSA) is 84.5 Å². The van der Waals surface area contributed by atoms with Crippen LogP contribution >= 0.6 is 12.2 Å². The monoisotopic (exact) mass is 465 g/mol. The fraction of sp³-hybridized carbons (Fsp3) is 0.174. The van der Waals surface area contributed by atoms with Crippen LogP contribution in [0.3, 0.4) is 0 Å². The molecule has 0 radical (unpaired) electrons. The Kier molecular flexibility index (Phi) is 6.45. The van der Waals surface area contributed by atoms with Crippen molar-refractivity contribution in [2.75, 3.05) is 26.6 Å². The number of benzene rings is 2. The van der Waals surface area contributed by atoms with Crippen molar-refractivity contribution in [3.05, 3.63) is 71.8 Å². The predicted molar refractivity (Wildman–Crippen MR) is 126 cm³/mol. The summed E-state index contributed by atoms with van der Waals surface area (Å²) in [5, 5.41) is 7.49. The van der Waals surface area contributed by atoms with Crippen LogP contribution in [0.4, 0.5) is 5.69 Å². The molecule has 4 rings (SSSR count). The van der Waals surface area contributed by atoms with Crippen molar-refractivity contribution in [2.24, 2.45) is 0 Å². The van der Waals surface area contributed by atoms with Crippen LogP contribution < -0.4 is 19.5 Å². The molecule has 9 nitrogen and oxygen atoms in total. The van der Waals surface area contributed by atoms with E-state index in [0.717, 1.165) is 11.3 Å². The Labute approximate surface area is 195 Å². The summed E-state index contributed by atoms with van der Waals surface area (Å²) in [5.41, 5.74) is 1.40. The number of methoxy groups -OCH3 is 3. The normalized spacial score (nSPS) is 10.6. The van der Waals surface area contributed by atoms with Crippen molar-refractivity contribution < 1.29 is 19.0 Å². The second kappa shape index (κ2) is 9.61. The number of carbonyl (C=O) groups excluding carboxylic acids is 1. The smallest absolute Gasteiger partial charge is 0.246 e. The van der Waals surface area contributed by atoms with E-state index in [1.807, 2.05) is 53.5 Å². The number of nitrogens with zero attached hydrogens (tertiary/aromatic N) is 4. The Hall–Kier alpha value is -4.05. The fourth-order valence-electron chi connectivity index (χ4n) is 3.34. The third-order valence-corrected chi connectivity index (χ3v) is 5.33. The third-order valence-electron chi connectivity index (χ3n) is 4.95. The number of rotatable bonds is 8. The fourth-order valence-corrected chi connectivity index (χ4v) is 3.63. The summed E-state index contributed by atoms with van der Waals surface area (Å²) >= 11 is 5.67. The van der Waals surface area contributed by atoms with Crippen molar-refractivity contribution in [1.82, 2.24) is 19.1 Å². The van der Waals surface area contributed by atoms with E-state index < -0.39 is 0 Å². The van der Waals surface area contributed by atoms with Gasteiger partial charge in [0.25, 0.3) is 0 Å². The summed E-state index contributed by atoms with van der Waals surface area (Å²) in [6.45, 7) is -0.0649. The quantitative estimate of drug-likeness (QED) is 0.398. The highest BCUT2D eigenvalue weighted by Gasteiger charge is 2.17. The van der Waals surface area contributed by atoms with E-state index in [-0.39, 0.29) is 12.5 Å². The summed E-state index contributed by atoms with van der Waals surface area (Å²) in [5.74, 6) is 2.14. The van der Waals surface area contributed by atoms with Crippen molar-refractivity contribution in [3.63, 3.8) is 0 Å². The van der Waals surface area contributed by atoms with Gasteiger partial charge in [-0.1, -0.05) is 0 Å². The van der Waals surface area contributed by atoms with Gasteiger partial charge in [-0.05, 0) is 60.7 Å². The highest BCUT2D eigenvalue weighted by molar-refractivity contribution is 7.71. The lowest BCUT2D eigenvalue weighted by Crippen LogP contribution is -2.20. The maximum atomic E-state index is 12.8. The summed E-state index contributed by atoms with van der Waals surface area (Å²) in [7, 11) is 4.71. The molecule has 0 bridgehead atoms. The molecule has 2 heterocycles. The third kappa shape index (κ3) is 4.60. The highest BCUT2D eigenvalue weighted by atomic mass is 32.1. The van der Waals surface area contributed by atoms with Gasteiger partial charge in [-0.3, -0.25) is 9.47 Å². The largest absolute Gasteiger partial charge is 0.497 e. The van der Waals surface area contributed by atoms with E-state index in [0.29, 0.717) is 27.8 Å². The van der Waals surface area contributed by atoms with Crippen LogP contribution in [0.15, 0.2) is 67.0 Å². The molecule has 0 fully saturated rings. The predicted octanol–water partition coefficient (Wildman–Crippen LogP) is 3.86. The average molecular weight is 466 g/mol. The van der Waals surface area contributed by atoms with Gasteiger partial charge in [0.1, 0.15) is 12.3 Å². The molecule has 2 aromatic heterocycles. The molecule has 2 aromatic carbocycles. The Morgan fingerprint density at radius 2 is 1.67 bits per heavy atom. The van der Waals surface area contributed by atoms with Crippen LogP contribution in [0, 0.1) is 4.77 Å². The molecule has 1 N–H and O–H groups in total. The van der Waals surface area contributed by atoms with Crippen LogP contribution in [0.5, 0.6) is 17.2 Å². The minimum absolute atomic E-state index is 0.0649. The van der Waals surface area contributed by atoms with Crippen LogP contribution in [0.25, 0.3) is 11.4 Å². The van der Waals surface area contributed by atoms with Gasteiger partial charge in [0.15, 0.2) is 17.3 Å². The second-order valence-corrected chi connectivity index (χ2v) is 7.35. The van der Waals surface area contributed by atoms with E-state index in [4.69, 9.17) is 26.4 Å². The van der Waals surface area contributed by atoms with Gasteiger partial charge < -0.3 is 19.5 Å². The summed E-state index contributed by atoms with van der Waals surface area (Å²) < 4.78 is 21.2. The first-order valence-electron chi connectivity index (χ1n) is 10.0. The van der Waals surface area contributed by atoms with Crippen LogP contribution in [0.2, 0.25) is 0 Å². The van der Waals surface area contributed by atoms with Crippen LogP contribution in [-0.2, 0) is 11.3 Å². The molecular formula is C23H23N5O4S. The van der Waals surface area contributed by atoms with Crippen LogP contribution in [-0.4, -0.2) is 46.4 Å². The number of hydrogen-bond acceptors (Lipinski definition) is 6. The van der Waals surface area contributed by atoms with Gasteiger partial charge >= 0.3 is 0 Å². The van der Waals surface area contributed by atoms with Gasteiger partial charge in [-0.25, -0.2) is 9.36 Å². The van der Waals surface area contributed by atoms with Gasteiger partial charge in [-0.2, -0.15) is 0 Å². The maximum absolute atomic E-state index is 12.8. The van der Waals surface area contributed by atoms with E-state index in [1.54, 1.807) is 37.1 Å². The number of ether oxygens (including phenoxy) is 3. The molecule has 33 heavy (non-hydrogen) atoms. The molecule has 0 aliphatic rings. The molecule has 0 unspecified atom stereocenters.